The smallest absolute Gasteiger partial charge is 0.161 e. The molecule has 2 aromatic carbocycles. The Bertz CT molecular complexity index is 741. The summed E-state index contributed by atoms with van der Waals surface area (Å²) in [5, 5.41) is 0. The van der Waals surface area contributed by atoms with E-state index in [0.717, 1.165) is 27.7 Å². The standard InChI is InChI=1S/C14H9BrF2N2/c1-7-3-2-4-8(13(7)15)14-18-11-5-9(16)10(17)6-12(11)19-14/h2-6H,1H3,(H,18,19). The number of aromatic nitrogens is 2. The predicted octanol–water partition coefficient (Wildman–Crippen LogP) is 4.58. The molecule has 96 valence electrons. The van der Waals surface area contributed by atoms with Crippen molar-refractivity contribution in [1.82, 2.24) is 9.97 Å². The van der Waals surface area contributed by atoms with Crippen LogP contribution in [0.1, 0.15) is 5.56 Å². The van der Waals surface area contributed by atoms with Gasteiger partial charge in [-0.2, -0.15) is 0 Å². The maximum absolute atomic E-state index is 13.2. The normalized spacial score (nSPS) is 11.2. The lowest BCUT2D eigenvalue weighted by molar-refractivity contribution is 0.510. The summed E-state index contributed by atoms with van der Waals surface area (Å²) < 4.78 is 27.2. The summed E-state index contributed by atoms with van der Waals surface area (Å²) >= 11 is 3.49. The summed E-state index contributed by atoms with van der Waals surface area (Å²) in [4.78, 5) is 7.29. The lowest BCUT2D eigenvalue weighted by Crippen LogP contribution is -1.84. The Labute approximate surface area is 116 Å². The molecule has 0 aliphatic carbocycles. The third kappa shape index (κ3) is 2.04. The van der Waals surface area contributed by atoms with Crippen molar-refractivity contribution in [3.05, 3.63) is 52.0 Å². The highest BCUT2D eigenvalue weighted by molar-refractivity contribution is 9.10. The van der Waals surface area contributed by atoms with Crippen molar-refractivity contribution < 1.29 is 8.78 Å². The Morgan fingerprint density at radius 2 is 1.89 bits per heavy atom. The number of H-pyrrole nitrogens is 1. The second-order valence-electron chi connectivity index (χ2n) is 4.31. The van der Waals surface area contributed by atoms with E-state index in [1.54, 1.807) is 0 Å². The van der Waals surface area contributed by atoms with Crippen molar-refractivity contribution in [2.45, 2.75) is 6.92 Å². The van der Waals surface area contributed by atoms with Gasteiger partial charge in [0.15, 0.2) is 11.6 Å². The van der Waals surface area contributed by atoms with Gasteiger partial charge in [0.05, 0.1) is 11.0 Å². The van der Waals surface area contributed by atoms with Crippen molar-refractivity contribution in [3.63, 3.8) is 0 Å². The summed E-state index contributed by atoms with van der Waals surface area (Å²) in [6.45, 7) is 1.97. The second kappa shape index (κ2) is 4.42. The molecule has 0 radical (unpaired) electrons. The predicted molar refractivity (Wildman–Crippen MR) is 73.9 cm³/mol. The van der Waals surface area contributed by atoms with Gasteiger partial charge in [-0.05, 0) is 28.4 Å². The Morgan fingerprint density at radius 1 is 1.16 bits per heavy atom. The molecule has 1 N–H and O–H groups in total. The Kier molecular flexibility index (Phi) is 2.86. The zero-order valence-electron chi connectivity index (χ0n) is 9.97. The van der Waals surface area contributed by atoms with Gasteiger partial charge in [-0.3, -0.25) is 0 Å². The first-order valence-electron chi connectivity index (χ1n) is 5.66. The van der Waals surface area contributed by atoms with Crippen LogP contribution in [0.4, 0.5) is 8.78 Å². The quantitative estimate of drug-likeness (QED) is 0.698. The van der Waals surface area contributed by atoms with E-state index in [0.29, 0.717) is 16.9 Å². The summed E-state index contributed by atoms with van der Waals surface area (Å²) in [6.07, 6.45) is 0. The fourth-order valence-electron chi connectivity index (χ4n) is 1.96. The van der Waals surface area contributed by atoms with Crippen LogP contribution in [-0.2, 0) is 0 Å². The largest absolute Gasteiger partial charge is 0.338 e. The average molecular weight is 323 g/mol. The van der Waals surface area contributed by atoms with Gasteiger partial charge in [-0.15, -0.1) is 0 Å². The van der Waals surface area contributed by atoms with Gasteiger partial charge >= 0.3 is 0 Å². The minimum absolute atomic E-state index is 0.405. The minimum Gasteiger partial charge on any atom is -0.338 e. The number of hydrogen-bond acceptors (Lipinski definition) is 1. The molecule has 1 heterocycles. The molecule has 3 rings (SSSR count). The maximum atomic E-state index is 13.2. The summed E-state index contributed by atoms with van der Waals surface area (Å²) in [5.41, 5.74) is 2.80. The molecular formula is C14H9BrF2N2. The van der Waals surface area contributed by atoms with E-state index >= 15 is 0 Å². The van der Waals surface area contributed by atoms with Crippen LogP contribution >= 0.6 is 15.9 Å². The molecule has 3 aromatic rings. The molecule has 0 bridgehead atoms. The molecule has 0 saturated carbocycles. The average Bonchev–Trinajstić information content (AvgIpc) is 2.76. The second-order valence-corrected chi connectivity index (χ2v) is 5.10. The van der Waals surface area contributed by atoms with Crippen LogP contribution in [0, 0.1) is 18.6 Å². The van der Waals surface area contributed by atoms with Crippen LogP contribution in [0.3, 0.4) is 0 Å². The molecule has 0 saturated heterocycles. The highest BCUT2D eigenvalue weighted by Gasteiger charge is 2.12. The van der Waals surface area contributed by atoms with E-state index in [2.05, 4.69) is 25.9 Å². The van der Waals surface area contributed by atoms with Gasteiger partial charge in [0.1, 0.15) is 5.82 Å². The highest BCUT2D eigenvalue weighted by atomic mass is 79.9. The van der Waals surface area contributed by atoms with E-state index < -0.39 is 11.6 Å². The number of hydrogen-bond donors (Lipinski definition) is 1. The van der Waals surface area contributed by atoms with Gasteiger partial charge in [0, 0.05) is 22.2 Å². The molecule has 1 aromatic heterocycles. The molecule has 0 aliphatic rings. The SMILES string of the molecule is Cc1cccc(-c2nc3cc(F)c(F)cc3[nH]2)c1Br. The molecule has 0 aliphatic heterocycles. The van der Waals surface area contributed by atoms with Gasteiger partial charge in [0.25, 0.3) is 0 Å². The van der Waals surface area contributed by atoms with Crippen molar-refractivity contribution in [2.75, 3.05) is 0 Å². The molecule has 0 atom stereocenters. The molecular weight excluding hydrogens is 314 g/mol. The lowest BCUT2D eigenvalue weighted by Gasteiger charge is -2.03. The number of imidazole rings is 1. The number of aromatic amines is 1. The first-order valence-corrected chi connectivity index (χ1v) is 6.46. The number of halogens is 3. The number of fused-ring (bicyclic) bond motifs is 1. The fraction of sp³-hybridized carbons (Fsp3) is 0.0714. The van der Waals surface area contributed by atoms with E-state index in [1.807, 2.05) is 25.1 Å². The van der Waals surface area contributed by atoms with Crippen LogP contribution < -0.4 is 0 Å². The first-order chi connectivity index (χ1) is 9.06. The van der Waals surface area contributed by atoms with E-state index in [1.165, 1.54) is 0 Å². The number of nitrogens with zero attached hydrogens (tertiary/aromatic N) is 1. The van der Waals surface area contributed by atoms with Crippen molar-refractivity contribution in [2.24, 2.45) is 0 Å². The number of benzene rings is 2. The molecule has 0 unspecified atom stereocenters. The van der Waals surface area contributed by atoms with Crippen molar-refractivity contribution in [1.29, 1.82) is 0 Å². The van der Waals surface area contributed by atoms with Crippen LogP contribution in [0.5, 0.6) is 0 Å². The summed E-state index contributed by atoms with van der Waals surface area (Å²) in [7, 11) is 0. The summed E-state index contributed by atoms with van der Waals surface area (Å²) in [5.74, 6) is -1.20. The van der Waals surface area contributed by atoms with Crippen LogP contribution in [0.25, 0.3) is 22.4 Å². The Morgan fingerprint density at radius 3 is 2.68 bits per heavy atom. The number of nitrogens with one attached hydrogen (secondary N) is 1. The topological polar surface area (TPSA) is 28.7 Å². The highest BCUT2D eigenvalue weighted by Crippen LogP contribution is 2.30. The van der Waals surface area contributed by atoms with E-state index in [9.17, 15) is 8.78 Å². The third-order valence-corrected chi connectivity index (χ3v) is 4.02. The van der Waals surface area contributed by atoms with Crippen LogP contribution in [0.2, 0.25) is 0 Å². The van der Waals surface area contributed by atoms with Crippen molar-refractivity contribution >= 4 is 27.0 Å². The van der Waals surface area contributed by atoms with Crippen LogP contribution in [-0.4, -0.2) is 9.97 Å². The van der Waals surface area contributed by atoms with Gasteiger partial charge in [-0.1, -0.05) is 18.2 Å². The molecule has 0 fully saturated rings. The molecule has 19 heavy (non-hydrogen) atoms. The zero-order valence-corrected chi connectivity index (χ0v) is 11.6. The molecule has 0 spiro atoms. The Hall–Kier alpha value is -1.75. The van der Waals surface area contributed by atoms with E-state index in [-0.39, 0.29) is 0 Å². The Balaban J connectivity index is 2.23. The first kappa shape index (κ1) is 12.3. The van der Waals surface area contributed by atoms with Gasteiger partial charge in [-0.25, -0.2) is 13.8 Å². The molecule has 2 nitrogen and oxygen atoms in total. The van der Waals surface area contributed by atoms with Crippen molar-refractivity contribution in [3.8, 4) is 11.4 Å². The molecule has 0 amide bonds. The molecule has 5 heteroatoms. The van der Waals surface area contributed by atoms with Gasteiger partial charge in [0.2, 0.25) is 0 Å². The lowest BCUT2D eigenvalue weighted by atomic mass is 10.1. The monoisotopic (exact) mass is 322 g/mol. The number of rotatable bonds is 1. The fourth-order valence-corrected chi connectivity index (χ4v) is 2.41. The summed E-state index contributed by atoms with van der Waals surface area (Å²) in [6, 6.07) is 7.97. The maximum Gasteiger partial charge on any atom is 0.161 e. The number of aryl methyl sites for hydroxylation is 1. The zero-order chi connectivity index (χ0) is 13.6. The van der Waals surface area contributed by atoms with E-state index in [4.69, 9.17) is 0 Å². The van der Waals surface area contributed by atoms with Crippen LogP contribution in [0.15, 0.2) is 34.8 Å². The third-order valence-electron chi connectivity index (χ3n) is 2.97. The van der Waals surface area contributed by atoms with Gasteiger partial charge < -0.3 is 4.98 Å². The minimum atomic E-state index is -0.895.